The number of nitrogens with two attached hydrogens (primary N) is 1. The third-order valence-corrected chi connectivity index (χ3v) is 3.70. The highest BCUT2D eigenvalue weighted by molar-refractivity contribution is 5.43. The predicted octanol–water partition coefficient (Wildman–Crippen LogP) is 1.65. The molecule has 0 radical (unpaired) electrons. The molecule has 1 unspecified atom stereocenters. The van der Waals surface area contributed by atoms with Crippen LogP contribution in [-0.2, 0) is 17.8 Å². The predicted molar refractivity (Wildman–Crippen MR) is 60.9 cm³/mol. The first-order valence-corrected chi connectivity index (χ1v) is 5.81. The van der Waals surface area contributed by atoms with E-state index in [1.807, 2.05) is 0 Å². The van der Waals surface area contributed by atoms with Crippen molar-refractivity contribution in [3.63, 3.8) is 0 Å². The van der Waals surface area contributed by atoms with Gasteiger partial charge < -0.3 is 10.5 Å². The largest absolute Gasteiger partial charge is 0.383 e. The number of hydrogen-bond acceptors (Lipinski definition) is 4. The molecular weight excluding hydrogens is 202 g/mol. The molecule has 1 aromatic rings. The van der Waals surface area contributed by atoms with Gasteiger partial charge in [0.25, 0.3) is 0 Å². The van der Waals surface area contributed by atoms with E-state index in [0.29, 0.717) is 23.8 Å². The Bertz CT molecular complexity index is 442. The topological polar surface area (TPSA) is 61.0 Å². The van der Waals surface area contributed by atoms with Crippen LogP contribution in [0.1, 0.15) is 43.3 Å². The lowest BCUT2D eigenvalue weighted by atomic mass is 10.1. The number of aromatic nitrogens is 2. The van der Waals surface area contributed by atoms with Gasteiger partial charge in [0.1, 0.15) is 11.6 Å². The van der Waals surface area contributed by atoms with Crippen molar-refractivity contribution in [2.24, 2.45) is 5.41 Å². The maximum Gasteiger partial charge on any atom is 0.134 e. The number of nitrogen functional groups attached to an aromatic ring is 1. The molecular formula is C12H17N3O. The normalized spacial score (nSPS) is 26.2. The maximum absolute atomic E-state index is 5.97. The van der Waals surface area contributed by atoms with E-state index in [-0.39, 0.29) is 0 Å². The summed E-state index contributed by atoms with van der Waals surface area (Å²) in [5.74, 6) is 2.04. The first-order valence-electron chi connectivity index (χ1n) is 5.81. The Morgan fingerprint density at radius 2 is 2.12 bits per heavy atom. The molecule has 2 heterocycles. The molecule has 2 N–H and O–H groups in total. The number of rotatable bonds is 1. The molecule has 1 atom stereocenters. The molecule has 86 valence electrons. The van der Waals surface area contributed by atoms with Crippen molar-refractivity contribution in [1.29, 1.82) is 0 Å². The van der Waals surface area contributed by atoms with Crippen LogP contribution in [0.4, 0.5) is 5.82 Å². The van der Waals surface area contributed by atoms with Gasteiger partial charge in [0.2, 0.25) is 0 Å². The summed E-state index contributed by atoms with van der Waals surface area (Å²) in [7, 11) is 0. The summed E-state index contributed by atoms with van der Waals surface area (Å²) in [6.07, 6.45) is 2.03. The molecule has 3 rings (SSSR count). The molecule has 2 aliphatic rings. The molecule has 1 fully saturated rings. The SMILES string of the molecule is CC1(C)CC1c1nc(N)c2c(n1)CCOC2. The van der Waals surface area contributed by atoms with Crippen LogP contribution in [0.25, 0.3) is 0 Å². The molecule has 0 amide bonds. The summed E-state index contributed by atoms with van der Waals surface area (Å²) in [6, 6.07) is 0. The van der Waals surface area contributed by atoms with Gasteiger partial charge in [-0.2, -0.15) is 0 Å². The maximum atomic E-state index is 5.97. The van der Waals surface area contributed by atoms with E-state index in [1.54, 1.807) is 0 Å². The molecule has 1 aliphatic carbocycles. The minimum Gasteiger partial charge on any atom is -0.383 e. The van der Waals surface area contributed by atoms with Gasteiger partial charge in [-0.05, 0) is 11.8 Å². The zero-order valence-corrected chi connectivity index (χ0v) is 9.79. The lowest BCUT2D eigenvalue weighted by molar-refractivity contribution is 0.109. The molecule has 1 saturated carbocycles. The molecule has 1 aromatic heterocycles. The lowest BCUT2D eigenvalue weighted by Crippen LogP contribution is -2.17. The molecule has 16 heavy (non-hydrogen) atoms. The van der Waals surface area contributed by atoms with Gasteiger partial charge in [0.05, 0.1) is 18.9 Å². The van der Waals surface area contributed by atoms with Crippen LogP contribution < -0.4 is 5.73 Å². The average Bonchev–Trinajstić information content (AvgIpc) is 2.88. The van der Waals surface area contributed by atoms with Gasteiger partial charge in [-0.15, -0.1) is 0 Å². The molecule has 0 saturated heterocycles. The Labute approximate surface area is 95.2 Å². The highest BCUT2D eigenvalue weighted by Gasteiger charge is 2.48. The van der Waals surface area contributed by atoms with Gasteiger partial charge in [-0.3, -0.25) is 0 Å². The fourth-order valence-corrected chi connectivity index (χ4v) is 2.34. The van der Waals surface area contributed by atoms with Crippen LogP contribution >= 0.6 is 0 Å². The zero-order valence-electron chi connectivity index (χ0n) is 9.79. The monoisotopic (exact) mass is 219 g/mol. The third kappa shape index (κ3) is 1.48. The Kier molecular flexibility index (Phi) is 1.98. The minimum absolute atomic E-state index is 0.353. The van der Waals surface area contributed by atoms with Crippen molar-refractivity contribution < 1.29 is 4.74 Å². The van der Waals surface area contributed by atoms with Gasteiger partial charge in [0.15, 0.2) is 0 Å². The number of hydrogen-bond donors (Lipinski definition) is 1. The minimum atomic E-state index is 0.353. The lowest BCUT2D eigenvalue weighted by Gasteiger charge is -2.18. The highest BCUT2D eigenvalue weighted by Crippen LogP contribution is 2.57. The van der Waals surface area contributed by atoms with Crippen molar-refractivity contribution in [3.05, 3.63) is 17.1 Å². The second kappa shape index (κ2) is 3.17. The van der Waals surface area contributed by atoms with Crippen molar-refractivity contribution >= 4 is 5.82 Å². The van der Waals surface area contributed by atoms with Crippen molar-refractivity contribution in [3.8, 4) is 0 Å². The number of nitrogens with zero attached hydrogens (tertiary/aromatic N) is 2. The van der Waals surface area contributed by atoms with Gasteiger partial charge in [-0.25, -0.2) is 9.97 Å². The molecule has 0 bridgehead atoms. The van der Waals surface area contributed by atoms with Crippen LogP contribution in [-0.4, -0.2) is 16.6 Å². The number of anilines is 1. The van der Waals surface area contributed by atoms with Crippen LogP contribution in [0.5, 0.6) is 0 Å². The standard InChI is InChI=1S/C12H17N3O/c1-12(2)5-8(12)11-14-9-3-4-16-6-7(9)10(13)15-11/h8H,3-6H2,1-2H3,(H2,13,14,15). The van der Waals surface area contributed by atoms with E-state index in [2.05, 4.69) is 23.8 Å². The van der Waals surface area contributed by atoms with Crippen LogP contribution in [0.15, 0.2) is 0 Å². The Morgan fingerprint density at radius 3 is 2.81 bits per heavy atom. The average molecular weight is 219 g/mol. The molecule has 0 aromatic carbocycles. The number of fused-ring (bicyclic) bond motifs is 1. The van der Waals surface area contributed by atoms with Crippen LogP contribution in [0, 0.1) is 5.41 Å². The summed E-state index contributed by atoms with van der Waals surface area (Å²) in [4.78, 5) is 9.09. The molecule has 1 aliphatic heterocycles. The van der Waals surface area contributed by atoms with E-state index in [4.69, 9.17) is 10.5 Å². The fraction of sp³-hybridized carbons (Fsp3) is 0.667. The summed E-state index contributed by atoms with van der Waals surface area (Å²) in [6.45, 7) is 5.81. The molecule has 4 heteroatoms. The summed E-state index contributed by atoms with van der Waals surface area (Å²) >= 11 is 0. The van der Waals surface area contributed by atoms with E-state index >= 15 is 0 Å². The van der Waals surface area contributed by atoms with Crippen molar-refractivity contribution in [2.45, 2.75) is 39.2 Å². The second-order valence-corrected chi connectivity index (χ2v) is 5.44. The van der Waals surface area contributed by atoms with Crippen LogP contribution in [0.2, 0.25) is 0 Å². The highest BCUT2D eigenvalue weighted by atomic mass is 16.5. The third-order valence-electron chi connectivity index (χ3n) is 3.70. The first kappa shape index (κ1) is 10.0. The Hall–Kier alpha value is -1.16. The van der Waals surface area contributed by atoms with Gasteiger partial charge in [-0.1, -0.05) is 13.8 Å². The summed E-state index contributed by atoms with van der Waals surface area (Å²) in [5, 5.41) is 0. The van der Waals surface area contributed by atoms with Crippen molar-refractivity contribution in [1.82, 2.24) is 9.97 Å². The van der Waals surface area contributed by atoms with Crippen LogP contribution in [0.3, 0.4) is 0 Å². The van der Waals surface area contributed by atoms with E-state index in [0.717, 1.165) is 30.1 Å². The van der Waals surface area contributed by atoms with Crippen molar-refractivity contribution in [2.75, 3.05) is 12.3 Å². The first-order chi connectivity index (χ1) is 7.58. The summed E-state index contributed by atoms with van der Waals surface area (Å²) in [5.41, 5.74) is 8.41. The molecule has 0 spiro atoms. The molecule has 4 nitrogen and oxygen atoms in total. The Balaban J connectivity index is 2.00. The quantitative estimate of drug-likeness (QED) is 0.780. The second-order valence-electron chi connectivity index (χ2n) is 5.44. The smallest absolute Gasteiger partial charge is 0.134 e. The zero-order chi connectivity index (χ0) is 11.3. The van der Waals surface area contributed by atoms with E-state index < -0.39 is 0 Å². The van der Waals surface area contributed by atoms with Gasteiger partial charge >= 0.3 is 0 Å². The summed E-state index contributed by atoms with van der Waals surface area (Å²) < 4.78 is 5.37. The Morgan fingerprint density at radius 1 is 1.38 bits per heavy atom. The number of ether oxygens (including phenoxy) is 1. The van der Waals surface area contributed by atoms with E-state index in [1.165, 1.54) is 6.42 Å². The van der Waals surface area contributed by atoms with Gasteiger partial charge in [0, 0.05) is 17.9 Å². The van der Waals surface area contributed by atoms with E-state index in [9.17, 15) is 0 Å². The fourth-order valence-electron chi connectivity index (χ4n) is 2.34.